The number of carbonyl (C=O) groups is 2. The van der Waals surface area contributed by atoms with Gasteiger partial charge in [-0.2, -0.15) is 0 Å². The molecular formula is C44H88NO8P. The van der Waals surface area contributed by atoms with E-state index in [4.69, 9.17) is 24.3 Å². The normalized spacial score (nSPS) is 13.2. The number of hydrogen-bond donors (Lipinski definition) is 2. The van der Waals surface area contributed by atoms with E-state index >= 15 is 0 Å². The quantitative estimate of drug-likeness (QED) is 0.0351. The van der Waals surface area contributed by atoms with Gasteiger partial charge in [-0.05, 0) is 12.8 Å². The van der Waals surface area contributed by atoms with E-state index in [1.165, 1.54) is 173 Å². The molecule has 3 N–H and O–H groups in total. The summed E-state index contributed by atoms with van der Waals surface area (Å²) in [7, 11) is -4.37. The van der Waals surface area contributed by atoms with Gasteiger partial charge in [0.15, 0.2) is 6.10 Å². The molecule has 0 aliphatic rings. The number of carbonyl (C=O) groups excluding carboxylic acids is 2. The van der Waals surface area contributed by atoms with Gasteiger partial charge in [0.05, 0.1) is 13.2 Å². The smallest absolute Gasteiger partial charge is 0.462 e. The third-order valence-electron chi connectivity index (χ3n) is 10.2. The van der Waals surface area contributed by atoms with E-state index in [2.05, 4.69) is 13.8 Å². The lowest BCUT2D eigenvalue weighted by Gasteiger charge is -2.19. The fraction of sp³-hybridized carbons (Fsp3) is 0.955. The minimum atomic E-state index is -4.37. The predicted molar refractivity (Wildman–Crippen MR) is 225 cm³/mol. The van der Waals surface area contributed by atoms with Crippen LogP contribution in [0.5, 0.6) is 0 Å². The highest BCUT2D eigenvalue weighted by Gasteiger charge is 2.26. The number of hydrogen-bond acceptors (Lipinski definition) is 8. The van der Waals surface area contributed by atoms with Gasteiger partial charge in [0.2, 0.25) is 0 Å². The van der Waals surface area contributed by atoms with E-state index in [1.807, 2.05) is 0 Å². The van der Waals surface area contributed by atoms with Crippen molar-refractivity contribution in [1.29, 1.82) is 0 Å². The van der Waals surface area contributed by atoms with Gasteiger partial charge < -0.3 is 20.1 Å². The zero-order chi connectivity index (χ0) is 39.6. The van der Waals surface area contributed by atoms with Crippen LogP contribution in [0, 0.1) is 0 Å². The SMILES string of the molecule is CCCCCCCCCCCCCCCCCCCCCCCCCC(=O)O[C@H](COC(=O)CCCCCCCCCCCC)COP(=O)(O)OCCN. The molecule has 0 saturated heterocycles. The summed E-state index contributed by atoms with van der Waals surface area (Å²) in [5, 5.41) is 0. The fourth-order valence-corrected chi connectivity index (χ4v) is 7.58. The molecule has 9 nitrogen and oxygen atoms in total. The van der Waals surface area contributed by atoms with Gasteiger partial charge in [0, 0.05) is 19.4 Å². The molecule has 0 amide bonds. The minimum absolute atomic E-state index is 0.0580. The zero-order valence-corrected chi connectivity index (χ0v) is 36.4. The minimum Gasteiger partial charge on any atom is -0.462 e. The summed E-state index contributed by atoms with van der Waals surface area (Å²) in [5.74, 6) is -0.814. The molecule has 0 heterocycles. The first-order valence-electron chi connectivity index (χ1n) is 23.0. The van der Waals surface area contributed by atoms with Gasteiger partial charge in [-0.3, -0.25) is 18.6 Å². The maximum atomic E-state index is 12.6. The molecule has 0 bridgehead atoms. The van der Waals surface area contributed by atoms with Crippen LogP contribution in [0.2, 0.25) is 0 Å². The standard InChI is InChI=1S/C44H88NO8P/c1-3-5-7-9-11-13-15-16-17-18-19-20-21-22-23-24-25-26-27-29-31-33-35-37-44(47)53-42(41-52-54(48,49)51-39-38-45)40-50-43(46)36-34-32-30-28-14-12-10-8-6-4-2/h42H,3-41,45H2,1-2H3,(H,48,49)/t42-/m1/s1. The van der Waals surface area contributed by atoms with Crippen molar-refractivity contribution >= 4 is 19.8 Å². The number of ether oxygens (including phenoxy) is 2. The van der Waals surface area contributed by atoms with Crippen LogP contribution >= 0.6 is 7.82 Å². The lowest BCUT2D eigenvalue weighted by molar-refractivity contribution is -0.161. The third-order valence-corrected chi connectivity index (χ3v) is 11.2. The summed E-state index contributed by atoms with van der Waals surface area (Å²) in [6, 6.07) is 0. The Kier molecular flexibility index (Phi) is 40.9. The zero-order valence-electron chi connectivity index (χ0n) is 35.5. The monoisotopic (exact) mass is 790 g/mol. The molecule has 0 aliphatic heterocycles. The number of nitrogens with two attached hydrogens (primary N) is 1. The lowest BCUT2D eigenvalue weighted by atomic mass is 10.0. The number of phosphoric acid groups is 1. The number of phosphoric ester groups is 1. The Morgan fingerprint density at radius 3 is 1.13 bits per heavy atom. The molecule has 0 saturated carbocycles. The number of rotatable bonds is 44. The molecular weight excluding hydrogens is 701 g/mol. The number of unbranched alkanes of at least 4 members (excludes halogenated alkanes) is 31. The van der Waals surface area contributed by atoms with Crippen LogP contribution in [-0.4, -0.2) is 49.3 Å². The molecule has 54 heavy (non-hydrogen) atoms. The van der Waals surface area contributed by atoms with E-state index in [1.54, 1.807) is 0 Å². The van der Waals surface area contributed by atoms with E-state index in [-0.39, 0.29) is 38.6 Å². The Hall–Kier alpha value is -0.990. The van der Waals surface area contributed by atoms with Crippen molar-refractivity contribution in [2.24, 2.45) is 5.73 Å². The Bertz CT molecular complexity index is 860. The summed E-state index contributed by atoms with van der Waals surface area (Å²) in [6.45, 7) is 3.76. The summed E-state index contributed by atoms with van der Waals surface area (Å²) in [4.78, 5) is 34.8. The van der Waals surface area contributed by atoms with Gasteiger partial charge in [0.1, 0.15) is 6.61 Å². The molecule has 1 unspecified atom stereocenters. The first-order chi connectivity index (χ1) is 26.3. The van der Waals surface area contributed by atoms with Crippen LogP contribution in [0.25, 0.3) is 0 Å². The largest absolute Gasteiger partial charge is 0.472 e. The summed E-state index contributed by atoms with van der Waals surface area (Å²) >= 11 is 0. The molecule has 322 valence electrons. The Morgan fingerprint density at radius 2 is 0.796 bits per heavy atom. The Labute approximate surface area is 333 Å². The van der Waals surface area contributed by atoms with Gasteiger partial charge in [-0.25, -0.2) is 4.57 Å². The molecule has 0 aromatic heterocycles. The first-order valence-corrected chi connectivity index (χ1v) is 24.5. The molecule has 0 aromatic carbocycles. The topological polar surface area (TPSA) is 134 Å². The van der Waals surface area contributed by atoms with Gasteiger partial charge in [-0.15, -0.1) is 0 Å². The van der Waals surface area contributed by atoms with Crippen LogP contribution in [-0.2, 0) is 32.7 Å². The molecule has 0 aromatic rings. The maximum Gasteiger partial charge on any atom is 0.472 e. The van der Waals surface area contributed by atoms with Gasteiger partial charge in [-0.1, -0.05) is 213 Å². The average molecular weight is 790 g/mol. The second kappa shape index (κ2) is 41.6. The van der Waals surface area contributed by atoms with Crippen LogP contribution in [0.1, 0.15) is 239 Å². The fourth-order valence-electron chi connectivity index (χ4n) is 6.81. The van der Waals surface area contributed by atoms with Crippen molar-refractivity contribution in [2.75, 3.05) is 26.4 Å². The highest BCUT2D eigenvalue weighted by molar-refractivity contribution is 7.47. The Balaban J connectivity index is 3.96. The second-order valence-corrected chi connectivity index (χ2v) is 17.1. The van der Waals surface area contributed by atoms with Crippen molar-refractivity contribution in [3.8, 4) is 0 Å². The van der Waals surface area contributed by atoms with Crippen molar-refractivity contribution in [1.82, 2.24) is 0 Å². The third kappa shape index (κ3) is 40.7. The molecule has 0 rings (SSSR count). The average Bonchev–Trinajstić information content (AvgIpc) is 3.16. The molecule has 0 aliphatic carbocycles. The Morgan fingerprint density at radius 1 is 0.481 bits per heavy atom. The molecule has 2 atom stereocenters. The predicted octanol–water partition coefficient (Wildman–Crippen LogP) is 13.2. The maximum absolute atomic E-state index is 12.6. The summed E-state index contributed by atoms with van der Waals surface area (Å²) in [5.41, 5.74) is 5.35. The van der Waals surface area contributed by atoms with Crippen molar-refractivity contribution < 1.29 is 37.6 Å². The van der Waals surface area contributed by atoms with Crippen molar-refractivity contribution in [3.05, 3.63) is 0 Å². The van der Waals surface area contributed by atoms with Crippen LogP contribution in [0.3, 0.4) is 0 Å². The highest BCUT2D eigenvalue weighted by atomic mass is 31.2. The van der Waals surface area contributed by atoms with Gasteiger partial charge in [0.25, 0.3) is 0 Å². The molecule has 0 radical (unpaired) electrons. The highest BCUT2D eigenvalue weighted by Crippen LogP contribution is 2.43. The molecule has 0 spiro atoms. The van der Waals surface area contributed by atoms with Gasteiger partial charge >= 0.3 is 19.8 Å². The van der Waals surface area contributed by atoms with E-state index in [9.17, 15) is 19.0 Å². The second-order valence-electron chi connectivity index (χ2n) is 15.6. The van der Waals surface area contributed by atoms with E-state index in [0.29, 0.717) is 6.42 Å². The van der Waals surface area contributed by atoms with Crippen LogP contribution in [0.15, 0.2) is 0 Å². The van der Waals surface area contributed by atoms with E-state index in [0.717, 1.165) is 32.1 Å². The van der Waals surface area contributed by atoms with Crippen LogP contribution in [0.4, 0.5) is 0 Å². The van der Waals surface area contributed by atoms with Crippen LogP contribution < -0.4 is 5.73 Å². The van der Waals surface area contributed by atoms with Crippen molar-refractivity contribution in [3.63, 3.8) is 0 Å². The van der Waals surface area contributed by atoms with Crippen molar-refractivity contribution in [2.45, 2.75) is 245 Å². The lowest BCUT2D eigenvalue weighted by Crippen LogP contribution is -2.29. The summed E-state index contributed by atoms with van der Waals surface area (Å²) < 4.78 is 32.8. The number of esters is 2. The van der Waals surface area contributed by atoms with E-state index < -0.39 is 26.5 Å². The summed E-state index contributed by atoms with van der Waals surface area (Å²) in [6.07, 6.45) is 41.5. The first kappa shape index (κ1) is 53.0. The molecule has 0 fully saturated rings. The molecule has 10 heteroatoms.